The Bertz CT molecular complexity index is 454. The minimum Gasteiger partial charge on any atom is -0.480 e. The number of carboxylic acid groups (broad SMARTS) is 1. The van der Waals surface area contributed by atoms with Gasteiger partial charge in [0.2, 0.25) is 0 Å². The summed E-state index contributed by atoms with van der Waals surface area (Å²) in [5.74, 6) is -1.16. The summed E-state index contributed by atoms with van der Waals surface area (Å²) in [6.07, 6.45) is 1.31. The van der Waals surface area contributed by atoms with E-state index in [-0.39, 0.29) is 5.91 Å². The molecule has 1 aromatic carbocycles. The Kier molecular flexibility index (Phi) is 5.75. The van der Waals surface area contributed by atoms with Gasteiger partial charge in [0.15, 0.2) is 0 Å². The van der Waals surface area contributed by atoms with Gasteiger partial charge in [-0.3, -0.25) is 14.9 Å². The number of aryl methyl sites for hydroxylation is 1. The summed E-state index contributed by atoms with van der Waals surface area (Å²) >= 11 is 0. The first-order valence-corrected chi connectivity index (χ1v) is 5.98. The van der Waals surface area contributed by atoms with E-state index in [1.807, 2.05) is 19.1 Å². The molecule has 0 radical (unpaired) electrons. The van der Waals surface area contributed by atoms with E-state index in [1.54, 1.807) is 12.1 Å². The van der Waals surface area contributed by atoms with Crippen LogP contribution in [0, 0.1) is 6.92 Å². The van der Waals surface area contributed by atoms with Crippen LogP contribution in [-0.2, 0) is 4.79 Å². The topological polar surface area (TPSA) is 78.4 Å². The quantitative estimate of drug-likeness (QED) is 0.505. The zero-order valence-electron chi connectivity index (χ0n) is 10.8. The number of aliphatic carboxylic acids is 1. The average molecular weight is 262 g/mol. The van der Waals surface area contributed by atoms with E-state index in [1.165, 1.54) is 6.08 Å². The zero-order chi connectivity index (χ0) is 14.3. The molecule has 102 valence electrons. The molecule has 5 nitrogen and oxygen atoms in total. The number of rotatable bonds is 7. The van der Waals surface area contributed by atoms with Gasteiger partial charge in [0, 0.05) is 18.7 Å². The van der Waals surface area contributed by atoms with Crippen molar-refractivity contribution in [2.45, 2.75) is 13.0 Å². The molecule has 1 atom stereocenters. The van der Waals surface area contributed by atoms with Gasteiger partial charge in [-0.2, -0.15) is 0 Å². The van der Waals surface area contributed by atoms with Crippen molar-refractivity contribution in [2.75, 3.05) is 13.1 Å². The van der Waals surface area contributed by atoms with E-state index in [9.17, 15) is 9.59 Å². The molecule has 1 amide bonds. The first-order valence-electron chi connectivity index (χ1n) is 5.98. The molecule has 1 unspecified atom stereocenters. The van der Waals surface area contributed by atoms with Crippen LogP contribution in [-0.4, -0.2) is 36.1 Å². The van der Waals surface area contributed by atoms with E-state index in [0.717, 1.165) is 5.56 Å². The molecule has 0 aromatic heterocycles. The molecule has 1 aromatic rings. The van der Waals surface area contributed by atoms with Gasteiger partial charge in [-0.05, 0) is 19.1 Å². The Morgan fingerprint density at radius 3 is 2.47 bits per heavy atom. The fraction of sp³-hybridized carbons (Fsp3) is 0.286. The lowest BCUT2D eigenvalue weighted by atomic mass is 10.1. The predicted octanol–water partition coefficient (Wildman–Crippen LogP) is 0.954. The third kappa shape index (κ3) is 4.93. The van der Waals surface area contributed by atoms with Gasteiger partial charge < -0.3 is 10.4 Å². The van der Waals surface area contributed by atoms with Crippen LogP contribution in [0.25, 0.3) is 0 Å². The fourth-order valence-electron chi connectivity index (χ4n) is 1.48. The lowest BCUT2D eigenvalue weighted by Gasteiger charge is -2.10. The van der Waals surface area contributed by atoms with Gasteiger partial charge in [0.1, 0.15) is 6.04 Å². The van der Waals surface area contributed by atoms with Crippen LogP contribution >= 0.6 is 0 Å². The number of benzene rings is 1. The summed E-state index contributed by atoms with van der Waals surface area (Å²) in [6.45, 7) is 6.09. The van der Waals surface area contributed by atoms with Crippen molar-refractivity contribution in [2.24, 2.45) is 0 Å². The van der Waals surface area contributed by atoms with Crippen molar-refractivity contribution in [1.82, 2.24) is 10.6 Å². The van der Waals surface area contributed by atoms with Gasteiger partial charge in [-0.25, -0.2) is 0 Å². The Hall–Kier alpha value is -2.14. The zero-order valence-corrected chi connectivity index (χ0v) is 10.8. The maximum Gasteiger partial charge on any atom is 0.324 e. The Labute approximate surface area is 112 Å². The lowest BCUT2D eigenvalue weighted by molar-refractivity contribution is -0.138. The largest absolute Gasteiger partial charge is 0.480 e. The number of hydrogen-bond acceptors (Lipinski definition) is 3. The second-order valence-corrected chi connectivity index (χ2v) is 4.13. The molecule has 0 fully saturated rings. The molecule has 0 aliphatic heterocycles. The highest BCUT2D eigenvalue weighted by molar-refractivity contribution is 5.94. The molecule has 0 spiro atoms. The van der Waals surface area contributed by atoms with Crippen LogP contribution < -0.4 is 10.6 Å². The Morgan fingerprint density at radius 2 is 1.95 bits per heavy atom. The first-order chi connectivity index (χ1) is 9.04. The fourth-order valence-corrected chi connectivity index (χ4v) is 1.48. The van der Waals surface area contributed by atoms with Crippen LogP contribution in [0.1, 0.15) is 15.9 Å². The number of carbonyl (C=O) groups excluding carboxylic acids is 1. The van der Waals surface area contributed by atoms with Crippen LogP contribution in [0.4, 0.5) is 0 Å². The first kappa shape index (κ1) is 14.9. The standard InChI is InChI=1S/C14H18N2O3/c1-3-12(14(18)19)15-8-9-16-13(17)11-6-4-10(2)5-7-11/h3-7,12,15H,1,8-9H2,2H3,(H,16,17)(H,18,19). The van der Waals surface area contributed by atoms with Crippen molar-refractivity contribution in [3.63, 3.8) is 0 Å². The van der Waals surface area contributed by atoms with E-state index in [2.05, 4.69) is 17.2 Å². The third-order valence-electron chi connectivity index (χ3n) is 2.59. The molecule has 0 bridgehead atoms. The van der Waals surface area contributed by atoms with Crippen LogP contribution in [0.2, 0.25) is 0 Å². The number of nitrogens with one attached hydrogen (secondary N) is 2. The highest BCUT2D eigenvalue weighted by Crippen LogP contribution is 2.02. The van der Waals surface area contributed by atoms with E-state index in [0.29, 0.717) is 18.7 Å². The minimum absolute atomic E-state index is 0.174. The number of hydrogen-bond donors (Lipinski definition) is 3. The van der Waals surface area contributed by atoms with Crippen molar-refractivity contribution < 1.29 is 14.7 Å². The molecule has 0 heterocycles. The van der Waals surface area contributed by atoms with E-state index in [4.69, 9.17) is 5.11 Å². The number of carbonyl (C=O) groups is 2. The smallest absolute Gasteiger partial charge is 0.324 e. The molecule has 0 saturated carbocycles. The molecular weight excluding hydrogens is 244 g/mol. The predicted molar refractivity (Wildman–Crippen MR) is 73.1 cm³/mol. The highest BCUT2D eigenvalue weighted by Gasteiger charge is 2.11. The van der Waals surface area contributed by atoms with Gasteiger partial charge in [-0.1, -0.05) is 23.8 Å². The second-order valence-electron chi connectivity index (χ2n) is 4.13. The van der Waals surface area contributed by atoms with E-state index < -0.39 is 12.0 Å². The number of amides is 1. The molecule has 0 aliphatic rings. The summed E-state index contributed by atoms with van der Waals surface area (Å²) in [5, 5.41) is 14.2. The number of carboxylic acids is 1. The summed E-state index contributed by atoms with van der Waals surface area (Å²) in [5.41, 5.74) is 1.68. The van der Waals surface area contributed by atoms with Crippen molar-refractivity contribution >= 4 is 11.9 Å². The molecule has 0 aliphatic carbocycles. The molecule has 3 N–H and O–H groups in total. The van der Waals surface area contributed by atoms with Crippen molar-refractivity contribution in [1.29, 1.82) is 0 Å². The molecule has 0 saturated heterocycles. The van der Waals surface area contributed by atoms with Gasteiger partial charge in [0.05, 0.1) is 0 Å². The Morgan fingerprint density at radius 1 is 1.32 bits per heavy atom. The monoisotopic (exact) mass is 262 g/mol. The minimum atomic E-state index is -0.986. The average Bonchev–Trinajstić information content (AvgIpc) is 2.38. The van der Waals surface area contributed by atoms with Gasteiger partial charge in [0.25, 0.3) is 5.91 Å². The molecular formula is C14H18N2O3. The summed E-state index contributed by atoms with van der Waals surface area (Å²) in [4.78, 5) is 22.4. The van der Waals surface area contributed by atoms with Crippen LogP contribution in [0.15, 0.2) is 36.9 Å². The summed E-state index contributed by atoms with van der Waals surface area (Å²) < 4.78 is 0. The van der Waals surface area contributed by atoms with Gasteiger partial charge in [-0.15, -0.1) is 6.58 Å². The molecule has 19 heavy (non-hydrogen) atoms. The maximum absolute atomic E-state index is 11.7. The molecule has 1 rings (SSSR count). The normalized spacial score (nSPS) is 11.6. The Balaban J connectivity index is 2.33. The summed E-state index contributed by atoms with van der Waals surface area (Å²) in [6, 6.07) is 6.44. The molecule has 5 heteroatoms. The third-order valence-corrected chi connectivity index (χ3v) is 2.59. The highest BCUT2D eigenvalue weighted by atomic mass is 16.4. The van der Waals surface area contributed by atoms with Crippen molar-refractivity contribution in [3.8, 4) is 0 Å². The SMILES string of the molecule is C=CC(NCCNC(=O)c1ccc(C)cc1)C(=O)O. The van der Waals surface area contributed by atoms with Crippen molar-refractivity contribution in [3.05, 3.63) is 48.0 Å². The van der Waals surface area contributed by atoms with Crippen LogP contribution in [0.5, 0.6) is 0 Å². The maximum atomic E-state index is 11.7. The summed E-state index contributed by atoms with van der Waals surface area (Å²) in [7, 11) is 0. The van der Waals surface area contributed by atoms with E-state index >= 15 is 0 Å². The lowest BCUT2D eigenvalue weighted by Crippen LogP contribution is -2.40. The second kappa shape index (κ2) is 7.33. The van der Waals surface area contributed by atoms with Gasteiger partial charge >= 0.3 is 5.97 Å². The van der Waals surface area contributed by atoms with Crippen LogP contribution in [0.3, 0.4) is 0 Å².